The van der Waals surface area contributed by atoms with E-state index in [1.165, 1.54) is 12.8 Å². The van der Waals surface area contributed by atoms with Gasteiger partial charge in [-0.3, -0.25) is 0 Å². The Morgan fingerprint density at radius 1 is 1.05 bits per heavy atom. The quantitative estimate of drug-likeness (QED) is 0.698. The van der Waals surface area contributed by atoms with Crippen LogP contribution in [-0.2, 0) is 4.74 Å². The normalized spacial score (nSPS) is 29.4. The second kappa shape index (κ2) is 5.80. The maximum Gasteiger partial charge on any atom is 0.165 e. The van der Waals surface area contributed by atoms with Crippen LogP contribution in [0.4, 0.5) is 8.78 Å². The van der Waals surface area contributed by atoms with Crippen molar-refractivity contribution < 1.29 is 13.5 Å². The van der Waals surface area contributed by atoms with E-state index in [1.807, 2.05) is 0 Å². The molecule has 1 atom stereocenters. The van der Waals surface area contributed by atoms with E-state index in [2.05, 4.69) is 6.92 Å². The van der Waals surface area contributed by atoms with Crippen molar-refractivity contribution in [2.24, 2.45) is 5.92 Å². The summed E-state index contributed by atoms with van der Waals surface area (Å²) in [5, 5.41) is 0. The molecule has 1 aromatic carbocycles. The molecule has 0 aromatic heterocycles. The van der Waals surface area contributed by atoms with Crippen molar-refractivity contribution in [1.29, 1.82) is 0 Å². The lowest BCUT2D eigenvalue weighted by molar-refractivity contribution is 0.302. The first kappa shape index (κ1) is 14.0. The van der Waals surface area contributed by atoms with Crippen molar-refractivity contribution in [3.63, 3.8) is 0 Å². The Morgan fingerprint density at radius 2 is 1.65 bits per heavy atom. The van der Waals surface area contributed by atoms with E-state index in [-0.39, 0.29) is 12.0 Å². The molecular formula is C17H22F2O. The molecule has 1 unspecified atom stereocenters. The van der Waals surface area contributed by atoms with Gasteiger partial charge in [-0.05, 0) is 43.1 Å². The predicted molar refractivity (Wildman–Crippen MR) is 74.7 cm³/mol. The molecule has 1 saturated heterocycles. The van der Waals surface area contributed by atoms with Gasteiger partial charge >= 0.3 is 0 Å². The number of hydrogen-bond donors (Lipinski definition) is 0. The Balaban J connectivity index is 1.73. The minimum atomic E-state index is -0.694. The highest BCUT2D eigenvalue weighted by molar-refractivity contribution is 5.32. The van der Waals surface area contributed by atoms with Crippen molar-refractivity contribution in [3.05, 3.63) is 34.9 Å². The Morgan fingerprint density at radius 3 is 2.25 bits per heavy atom. The lowest BCUT2D eigenvalue weighted by atomic mass is 9.77. The summed E-state index contributed by atoms with van der Waals surface area (Å²) in [6, 6.07) is 3.49. The summed E-state index contributed by atoms with van der Waals surface area (Å²) in [5.41, 5.74) is 0.952. The molecule has 0 bridgehead atoms. The molecule has 20 heavy (non-hydrogen) atoms. The smallest absolute Gasteiger partial charge is 0.165 e. The van der Waals surface area contributed by atoms with Crippen molar-refractivity contribution in [3.8, 4) is 0 Å². The SMILES string of the molecule is CCCC1CCC(c2ccc(C3CO3)c(F)c2F)CC1. The topological polar surface area (TPSA) is 12.5 Å². The average molecular weight is 280 g/mol. The van der Waals surface area contributed by atoms with Crippen LogP contribution in [0.15, 0.2) is 12.1 Å². The van der Waals surface area contributed by atoms with E-state index in [1.54, 1.807) is 12.1 Å². The van der Waals surface area contributed by atoms with Gasteiger partial charge in [0.25, 0.3) is 0 Å². The average Bonchev–Trinajstić information content (AvgIpc) is 3.28. The van der Waals surface area contributed by atoms with Crippen LogP contribution >= 0.6 is 0 Å². The monoisotopic (exact) mass is 280 g/mol. The minimum absolute atomic E-state index is 0.187. The number of rotatable bonds is 4. The molecule has 2 fully saturated rings. The first-order chi connectivity index (χ1) is 9.70. The van der Waals surface area contributed by atoms with Gasteiger partial charge in [0.2, 0.25) is 0 Å². The Bertz CT molecular complexity index is 474. The van der Waals surface area contributed by atoms with Gasteiger partial charge in [0.1, 0.15) is 6.10 Å². The van der Waals surface area contributed by atoms with Gasteiger partial charge in [-0.1, -0.05) is 31.9 Å². The lowest BCUT2D eigenvalue weighted by Gasteiger charge is -2.29. The third kappa shape index (κ3) is 2.73. The predicted octanol–water partition coefficient (Wildman–Crippen LogP) is 5.11. The number of halogens is 2. The molecule has 3 heteroatoms. The molecule has 0 amide bonds. The second-order valence-corrected chi connectivity index (χ2v) is 6.20. The molecule has 3 rings (SSSR count). The highest BCUT2D eigenvalue weighted by atomic mass is 19.2. The Labute approximate surface area is 119 Å². The fourth-order valence-corrected chi connectivity index (χ4v) is 3.54. The van der Waals surface area contributed by atoms with Crippen LogP contribution < -0.4 is 0 Å². The van der Waals surface area contributed by atoms with Gasteiger partial charge in [-0.15, -0.1) is 0 Å². The van der Waals surface area contributed by atoms with Gasteiger partial charge in [-0.2, -0.15) is 0 Å². The van der Waals surface area contributed by atoms with Crippen molar-refractivity contribution >= 4 is 0 Å². The Kier molecular flexibility index (Phi) is 4.06. The van der Waals surface area contributed by atoms with E-state index in [0.29, 0.717) is 17.7 Å². The standard InChI is InChI=1S/C17H22F2O/c1-2-3-11-4-6-12(7-5-11)13-8-9-14(15-10-20-15)17(19)16(13)18/h8-9,11-12,15H,2-7,10H2,1H3. The van der Waals surface area contributed by atoms with E-state index >= 15 is 0 Å². The maximum atomic E-state index is 14.2. The summed E-state index contributed by atoms with van der Waals surface area (Å²) >= 11 is 0. The van der Waals surface area contributed by atoms with E-state index in [0.717, 1.165) is 31.6 Å². The van der Waals surface area contributed by atoms with Crippen LogP contribution in [0, 0.1) is 17.6 Å². The third-order valence-electron chi connectivity index (χ3n) is 4.81. The van der Waals surface area contributed by atoms with Crippen molar-refractivity contribution in [1.82, 2.24) is 0 Å². The molecular weight excluding hydrogens is 258 g/mol. The van der Waals surface area contributed by atoms with Crippen LogP contribution in [0.3, 0.4) is 0 Å². The van der Waals surface area contributed by atoms with E-state index in [9.17, 15) is 8.78 Å². The van der Waals surface area contributed by atoms with Crippen LogP contribution in [0.25, 0.3) is 0 Å². The van der Waals surface area contributed by atoms with Gasteiger partial charge in [0.05, 0.1) is 6.61 Å². The van der Waals surface area contributed by atoms with E-state index in [4.69, 9.17) is 4.74 Å². The summed E-state index contributed by atoms with van der Waals surface area (Å²) in [5.74, 6) is -0.368. The molecule has 0 radical (unpaired) electrons. The molecule has 1 aliphatic carbocycles. The summed E-state index contributed by atoms with van der Waals surface area (Å²) in [4.78, 5) is 0. The molecule has 1 heterocycles. The zero-order valence-electron chi connectivity index (χ0n) is 12.0. The molecule has 1 nitrogen and oxygen atoms in total. The second-order valence-electron chi connectivity index (χ2n) is 6.20. The first-order valence-electron chi connectivity index (χ1n) is 7.80. The third-order valence-corrected chi connectivity index (χ3v) is 4.81. The molecule has 0 N–H and O–H groups in total. The van der Waals surface area contributed by atoms with E-state index < -0.39 is 11.6 Å². The van der Waals surface area contributed by atoms with Crippen LogP contribution in [0.1, 0.15) is 68.6 Å². The summed E-state index contributed by atoms with van der Waals surface area (Å²) < 4.78 is 33.3. The molecule has 1 aromatic rings. The molecule has 2 aliphatic rings. The van der Waals surface area contributed by atoms with Gasteiger partial charge in [0, 0.05) is 5.56 Å². The largest absolute Gasteiger partial charge is 0.368 e. The molecule has 1 aliphatic heterocycles. The van der Waals surface area contributed by atoms with Crippen LogP contribution in [0.5, 0.6) is 0 Å². The van der Waals surface area contributed by atoms with Gasteiger partial charge < -0.3 is 4.74 Å². The van der Waals surface area contributed by atoms with Crippen molar-refractivity contribution in [2.45, 2.75) is 57.5 Å². The first-order valence-corrected chi connectivity index (χ1v) is 7.80. The lowest BCUT2D eigenvalue weighted by Crippen LogP contribution is -2.15. The fraction of sp³-hybridized carbons (Fsp3) is 0.647. The number of epoxide rings is 1. The molecule has 0 spiro atoms. The summed E-state index contributed by atoms with van der Waals surface area (Å²) in [6.45, 7) is 2.72. The minimum Gasteiger partial charge on any atom is -0.368 e. The Hall–Kier alpha value is -0.960. The molecule has 1 saturated carbocycles. The number of hydrogen-bond acceptors (Lipinski definition) is 1. The zero-order valence-corrected chi connectivity index (χ0v) is 12.0. The van der Waals surface area contributed by atoms with Crippen molar-refractivity contribution in [2.75, 3.05) is 6.61 Å². The number of ether oxygens (including phenoxy) is 1. The number of benzene rings is 1. The fourth-order valence-electron chi connectivity index (χ4n) is 3.54. The molecule has 110 valence electrons. The summed E-state index contributed by atoms with van der Waals surface area (Å²) in [7, 11) is 0. The maximum absolute atomic E-state index is 14.2. The van der Waals surface area contributed by atoms with Crippen LogP contribution in [-0.4, -0.2) is 6.61 Å². The van der Waals surface area contributed by atoms with Gasteiger partial charge in [0.15, 0.2) is 11.6 Å². The highest BCUT2D eigenvalue weighted by Gasteiger charge is 2.32. The highest BCUT2D eigenvalue weighted by Crippen LogP contribution is 2.40. The van der Waals surface area contributed by atoms with Gasteiger partial charge in [-0.25, -0.2) is 8.78 Å². The zero-order chi connectivity index (χ0) is 14.1. The summed E-state index contributed by atoms with van der Waals surface area (Å²) in [6.07, 6.45) is 6.52. The van der Waals surface area contributed by atoms with Crippen LogP contribution in [0.2, 0.25) is 0 Å².